The molecule has 1 aliphatic heterocycles. The Labute approximate surface area is 145 Å². The van der Waals surface area contributed by atoms with Crippen molar-refractivity contribution in [3.63, 3.8) is 0 Å². The number of H-pyrrole nitrogens is 1. The first-order valence-corrected chi connectivity index (χ1v) is 9.23. The monoisotopic (exact) mass is 354 g/mol. The standard InChI is InChI=1S/C18H14N2O2S2/c21-17-16(24-18(22)20-17)14(7-6-11-3-2-10-23-11)12-4-1-5-15-13(12)8-9-19-15/h1-5,8-10,21H,6-7H2,(H,20,22). The molecule has 4 rings (SSSR count). The number of aromatic hydroxyl groups is 1. The Kier molecular flexibility index (Phi) is 3.92. The molecule has 120 valence electrons. The van der Waals surface area contributed by atoms with Crippen LogP contribution in [0.5, 0.6) is 5.88 Å². The van der Waals surface area contributed by atoms with E-state index in [0.29, 0.717) is 4.88 Å². The lowest BCUT2D eigenvalue weighted by molar-refractivity contribution is 0.454. The van der Waals surface area contributed by atoms with Crippen molar-refractivity contribution < 1.29 is 5.11 Å². The van der Waals surface area contributed by atoms with E-state index >= 15 is 0 Å². The van der Waals surface area contributed by atoms with E-state index in [-0.39, 0.29) is 10.8 Å². The van der Waals surface area contributed by atoms with Gasteiger partial charge in [0, 0.05) is 16.3 Å². The van der Waals surface area contributed by atoms with Gasteiger partial charge in [-0.05, 0) is 47.2 Å². The Balaban J connectivity index is 1.91. The fourth-order valence-corrected chi connectivity index (χ4v) is 4.42. The summed E-state index contributed by atoms with van der Waals surface area (Å²) >= 11 is 2.77. The van der Waals surface area contributed by atoms with E-state index in [1.807, 2.05) is 30.3 Å². The molecular weight excluding hydrogens is 340 g/mol. The van der Waals surface area contributed by atoms with Gasteiger partial charge in [-0.25, -0.2) is 0 Å². The maximum absolute atomic E-state index is 11.7. The second kappa shape index (κ2) is 6.22. The molecule has 2 aromatic heterocycles. The number of aliphatic imine (C=N–C) groups is 1. The Morgan fingerprint density at radius 3 is 2.92 bits per heavy atom. The van der Waals surface area contributed by atoms with Crippen LogP contribution in [0, 0.1) is 0 Å². The third kappa shape index (κ3) is 2.74. The maximum Gasteiger partial charge on any atom is 0.307 e. The van der Waals surface area contributed by atoms with Crippen molar-refractivity contribution in [2.75, 3.05) is 0 Å². The average molecular weight is 354 g/mol. The molecule has 0 saturated heterocycles. The molecule has 1 aliphatic rings. The number of hydrogen-bond donors (Lipinski definition) is 2. The van der Waals surface area contributed by atoms with E-state index in [9.17, 15) is 9.90 Å². The van der Waals surface area contributed by atoms with Gasteiger partial charge in [0.25, 0.3) is 0 Å². The van der Waals surface area contributed by atoms with Gasteiger partial charge in [0.2, 0.25) is 5.88 Å². The number of rotatable bonds is 4. The van der Waals surface area contributed by atoms with Gasteiger partial charge in [-0.15, -0.1) is 11.3 Å². The van der Waals surface area contributed by atoms with E-state index in [2.05, 4.69) is 21.4 Å². The summed E-state index contributed by atoms with van der Waals surface area (Å²) < 4.78 is 0. The minimum Gasteiger partial charge on any atom is -0.493 e. The molecule has 0 bridgehead atoms. The van der Waals surface area contributed by atoms with Crippen LogP contribution in [0.25, 0.3) is 11.6 Å². The number of aryl methyl sites for hydroxylation is 1. The van der Waals surface area contributed by atoms with Gasteiger partial charge >= 0.3 is 4.87 Å². The minimum absolute atomic E-state index is 0.0531. The quantitative estimate of drug-likeness (QED) is 0.756. The van der Waals surface area contributed by atoms with Gasteiger partial charge in [-0.2, -0.15) is 0 Å². The summed E-state index contributed by atoms with van der Waals surface area (Å²) in [6.45, 7) is 0. The van der Waals surface area contributed by atoms with Gasteiger partial charge < -0.3 is 5.11 Å². The average Bonchev–Trinajstić information content (AvgIpc) is 3.29. The van der Waals surface area contributed by atoms with Crippen LogP contribution in [0.2, 0.25) is 0 Å². The SMILES string of the molecule is O=c1[nH]c(O)c(C(CCc2cccs2)=c2cccc3c2=CC=N3)s1. The Morgan fingerprint density at radius 2 is 2.17 bits per heavy atom. The van der Waals surface area contributed by atoms with Gasteiger partial charge in [0.05, 0.1) is 10.6 Å². The smallest absolute Gasteiger partial charge is 0.307 e. The highest BCUT2D eigenvalue weighted by molar-refractivity contribution is 7.10. The van der Waals surface area contributed by atoms with Gasteiger partial charge in [0.15, 0.2) is 0 Å². The van der Waals surface area contributed by atoms with E-state index in [0.717, 1.165) is 45.9 Å². The van der Waals surface area contributed by atoms with Crippen molar-refractivity contribution in [3.05, 3.63) is 65.6 Å². The molecule has 0 unspecified atom stereocenters. The molecule has 2 N–H and O–H groups in total. The molecule has 3 heterocycles. The lowest BCUT2D eigenvalue weighted by atomic mass is 10.0. The molecule has 0 aliphatic carbocycles. The Morgan fingerprint density at radius 1 is 1.25 bits per heavy atom. The normalized spacial score (nSPS) is 13.7. The van der Waals surface area contributed by atoms with Crippen LogP contribution in [-0.4, -0.2) is 16.3 Å². The van der Waals surface area contributed by atoms with Crippen molar-refractivity contribution in [2.45, 2.75) is 12.8 Å². The largest absolute Gasteiger partial charge is 0.493 e. The van der Waals surface area contributed by atoms with Crippen LogP contribution in [0.3, 0.4) is 0 Å². The zero-order valence-electron chi connectivity index (χ0n) is 12.7. The van der Waals surface area contributed by atoms with Crippen LogP contribution < -0.4 is 15.3 Å². The number of nitrogens with one attached hydrogen (secondary N) is 1. The summed E-state index contributed by atoms with van der Waals surface area (Å²) in [7, 11) is 0. The predicted octanol–water partition coefficient (Wildman–Crippen LogP) is 2.53. The number of fused-ring (bicyclic) bond motifs is 1. The molecule has 24 heavy (non-hydrogen) atoms. The summed E-state index contributed by atoms with van der Waals surface area (Å²) in [6, 6.07) is 10.1. The van der Waals surface area contributed by atoms with E-state index in [4.69, 9.17) is 0 Å². The van der Waals surface area contributed by atoms with Crippen molar-refractivity contribution >= 4 is 46.2 Å². The number of aromatic nitrogens is 1. The molecule has 0 radical (unpaired) electrons. The van der Waals surface area contributed by atoms with Gasteiger partial charge in [-0.3, -0.25) is 14.8 Å². The second-order valence-electron chi connectivity index (χ2n) is 5.43. The fourth-order valence-electron chi connectivity index (χ4n) is 2.89. The molecule has 0 amide bonds. The molecule has 4 nitrogen and oxygen atoms in total. The molecular formula is C18H14N2O2S2. The van der Waals surface area contributed by atoms with Crippen molar-refractivity contribution in [2.24, 2.45) is 4.99 Å². The highest BCUT2D eigenvalue weighted by Crippen LogP contribution is 2.28. The van der Waals surface area contributed by atoms with Gasteiger partial charge in [0.1, 0.15) is 0 Å². The Hall–Kier alpha value is -2.44. The highest BCUT2D eigenvalue weighted by Gasteiger charge is 2.15. The highest BCUT2D eigenvalue weighted by atomic mass is 32.1. The maximum atomic E-state index is 11.7. The van der Waals surface area contributed by atoms with Crippen LogP contribution in [0.1, 0.15) is 16.2 Å². The topological polar surface area (TPSA) is 65.5 Å². The zero-order valence-corrected chi connectivity index (χ0v) is 14.3. The number of thiazole rings is 1. The lowest BCUT2D eigenvalue weighted by Crippen LogP contribution is -2.26. The fraction of sp³-hybridized carbons (Fsp3) is 0.111. The van der Waals surface area contributed by atoms with E-state index in [1.54, 1.807) is 17.6 Å². The molecule has 0 spiro atoms. The number of nitrogens with zero attached hydrogens (tertiary/aromatic N) is 1. The zero-order chi connectivity index (χ0) is 16.5. The number of thiophene rings is 1. The van der Waals surface area contributed by atoms with Crippen LogP contribution in [-0.2, 0) is 6.42 Å². The number of benzene rings is 1. The summed E-state index contributed by atoms with van der Waals surface area (Å²) in [5.74, 6) is -0.0531. The summed E-state index contributed by atoms with van der Waals surface area (Å²) in [5, 5.41) is 14.3. The molecule has 6 heteroatoms. The van der Waals surface area contributed by atoms with Crippen LogP contribution >= 0.6 is 22.7 Å². The molecule has 0 atom stereocenters. The molecule has 3 aromatic rings. The minimum atomic E-state index is -0.246. The second-order valence-corrected chi connectivity index (χ2v) is 7.45. The summed E-state index contributed by atoms with van der Waals surface area (Å²) in [5.41, 5.74) is 1.89. The number of hydrogen-bond acceptors (Lipinski definition) is 5. The lowest BCUT2D eigenvalue weighted by Gasteiger charge is -2.06. The van der Waals surface area contributed by atoms with Gasteiger partial charge in [-0.1, -0.05) is 29.5 Å². The number of aromatic amines is 1. The first-order valence-electron chi connectivity index (χ1n) is 7.54. The Bertz CT molecular complexity index is 1090. The van der Waals surface area contributed by atoms with Crippen molar-refractivity contribution in [1.82, 2.24) is 4.98 Å². The molecule has 0 saturated carbocycles. The first kappa shape index (κ1) is 15.1. The van der Waals surface area contributed by atoms with Crippen molar-refractivity contribution in [3.8, 4) is 5.88 Å². The van der Waals surface area contributed by atoms with Crippen molar-refractivity contribution in [1.29, 1.82) is 0 Å². The third-order valence-electron chi connectivity index (χ3n) is 3.97. The first-order chi connectivity index (χ1) is 11.7. The van der Waals surface area contributed by atoms with E-state index in [1.165, 1.54) is 4.88 Å². The van der Waals surface area contributed by atoms with E-state index < -0.39 is 0 Å². The molecule has 1 aromatic carbocycles. The molecule has 0 fully saturated rings. The predicted molar refractivity (Wildman–Crippen MR) is 100 cm³/mol. The summed E-state index contributed by atoms with van der Waals surface area (Å²) in [4.78, 5) is 20.2. The summed E-state index contributed by atoms with van der Waals surface area (Å²) in [6.07, 6.45) is 5.36. The third-order valence-corrected chi connectivity index (χ3v) is 5.84. The van der Waals surface area contributed by atoms with Crippen LogP contribution in [0.15, 0.2) is 45.5 Å². The van der Waals surface area contributed by atoms with Crippen LogP contribution in [0.4, 0.5) is 5.69 Å².